The molecule has 0 amide bonds. The van der Waals surface area contributed by atoms with E-state index >= 15 is 0 Å². The topological polar surface area (TPSA) is 41.6 Å². The fraction of sp³-hybridized carbons (Fsp3) is 0. The Morgan fingerprint density at radius 3 is 2.50 bits per heavy atom. The lowest BCUT2D eigenvalue weighted by atomic mass is 10.8. The highest BCUT2D eigenvalue weighted by Gasteiger charge is 1.59. The Kier molecular flexibility index (Phi) is 3.26. The fourth-order valence-corrected chi connectivity index (χ4v) is 0.742. The van der Waals surface area contributed by atoms with Gasteiger partial charge in [-0.1, -0.05) is 0 Å². The summed E-state index contributed by atoms with van der Waals surface area (Å²) in [5, 5.41) is 8.14. The summed E-state index contributed by atoms with van der Waals surface area (Å²) in [6, 6.07) is 1.83. The molecule has 10 heavy (non-hydrogen) atoms. The van der Waals surface area contributed by atoms with Gasteiger partial charge in [0.2, 0.25) is 0 Å². The van der Waals surface area contributed by atoms with Gasteiger partial charge < -0.3 is 0 Å². The van der Waals surface area contributed by atoms with Crippen LogP contribution in [0.3, 0.4) is 0 Å². The molecule has 0 unspecified atom stereocenters. The summed E-state index contributed by atoms with van der Waals surface area (Å²) in [6.07, 6.45) is 5.23. The Labute approximate surface area is 62.8 Å². The highest BCUT2D eigenvalue weighted by molar-refractivity contribution is 7.07. The molecule has 3 nitrogen and oxygen atoms in total. The zero-order valence-corrected chi connectivity index (χ0v) is 6.08. The predicted octanol–water partition coefficient (Wildman–Crippen LogP) is 1.55. The van der Waals surface area contributed by atoms with Gasteiger partial charge in [0.1, 0.15) is 0 Å². The molecule has 52 valence electrons. The minimum absolute atomic E-state index is 1.60. The Bertz CT molecular complexity index is 152. The molecule has 2 rings (SSSR count). The van der Waals surface area contributed by atoms with Crippen molar-refractivity contribution in [2.24, 2.45) is 0 Å². The van der Waals surface area contributed by atoms with Gasteiger partial charge in [0.05, 0.1) is 5.51 Å². The molecular formula is C6H7N3S. The predicted molar refractivity (Wildman–Crippen MR) is 40.7 cm³/mol. The lowest BCUT2D eigenvalue weighted by Gasteiger charge is -1.49. The summed E-state index contributed by atoms with van der Waals surface area (Å²) in [5.41, 5.74) is 1.79. The SMILES string of the molecule is c1cn[nH]c1.c1cscn1. The van der Waals surface area contributed by atoms with Gasteiger partial charge in [-0.15, -0.1) is 11.3 Å². The maximum Gasteiger partial charge on any atom is 0.0791 e. The van der Waals surface area contributed by atoms with E-state index in [1.54, 1.807) is 35.4 Å². The number of H-pyrrole nitrogens is 1. The van der Waals surface area contributed by atoms with Crippen LogP contribution in [0.5, 0.6) is 0 Å². The zero-order valence-electron chi connectivity index (χ0n) is 5.27. The fourth-order valence-electron chi connectivity index (χ4n) is 0.391. The van der Waals surface area contributed by atoms with Gasteiger partial charge in [-0.25, -0.2) is 0 Å². The maximum atomic E-state index is 3.74. The van der Waals surface area contributed by atoms with Crippen LogP contribution in [0, 0.1) is 0 Å². The average Bonchev–Trinajstić information content (AvgIpc) is 2.67. The van der Waals surface area contributed by atoms with Crippen molar-refractivity contribution >= 4 is 11.3 Å². The van der Waals surface area contributed by atoms with E-state index in [1.807, 2.05) is 11.4 Å². The van der Waals surface area contributed by atoms with Crippen molar-refractivity contribution in [3.8, 4) is 0 Å². The number of thiazole rings is 1. The van der Waals surface area contributed by atoms with E-state index in [2.05, 4.69) is 15.2 Å². The maximum absolute atomic E-state index is 3.74. The van der Waals surface area contributed by atoms with E-state index in [0.717, 1.165) is 0 Å². The van der Waals surface area contributed by atoms with Crippen LogP contribution in [0.1, 0.15) is 0 Å². The number of aromatic amines is 1. The molecule has 0 fully saturated rings. The number of hydrogen-bond donors (Lipinski definition) is 1. The largest absolute Gasteiger partial charge is 0.286 e. The van der Waals surface area contributed by atoms with Crippen LogP contribution in [0.25, 0.3) is 0 Å². The minimum Gasteiger partial charge on any atom is -0.286 e. The molecule has 0 saturated carbocycles. The van der Waals surface area contributed by atoms with Gasteiger partial charge in [0.25, 0.3) is 0 Å². The second-order valence-electron chi connectivity index (χ2n) is 1.44. The van der Waals surface area contributed by atoms with E-state index in [0.29, 0.717) is 0 Å². The Hall–Kier alpha value is -1.16. The number of nitrogens with one attached hydrogen (secondary N) is 1. The van der Waals surface area contributed by atoms with Crippen LogP contribution in [0.4, 0.5) is 0 Å². The molecular weight excluding hydrogens is 146 g/mol. The molecule has 0 aliphatic carbocycles. The quantitative estimate of drug-likeness (QED) is 0.624. The lowest BCUT2D eigenvalue weighted by molar-refractivity contribution is 1.09. The molecule has 0 aliphatic rings. The second kappa shape index (κ2) is 4.69. The Balaban J connectivity index is 0.0000001000. The van der Waals surface area contributed by atoms with Gasteiger partial charge >= 0.3 is 0 Å². The molecule has 2 aromatic rings. The van der Waals surface area contributed by atoms with Crippen molar-refractivity contribution in [1.29, 1.82) is 0 Å². The third-order valence-electron chi connectivity index (χ3n) is 0.753. The molecule has 0 atom stereocenters. The summed E-state index contributed by atoms with van der Waals surface area (Å²) in [4.78, 5) is 3.74. The highest BCUT2D eigenvalue weighted by atomic mass is 32.1. The monoisotopic (exact) mass is 153 g/mol. The highest BCUT2D eigenvalue weighted by Crippen LogP contribution is 1.85. The molecule has 0 saturated heterocycles. The van der Waals surface area contributed by atoms with E-state index in [4.69, 9.17) is 0 Å². The van der Waals surface area contributed by atoms with Crippen molar-refractivity contribution in [3.63, 3.8) is 0 Å². The first kappa shape index (κ1) is 6.95. The Morgan fingerprint density at radius 1 is 1.30 bits per heavy atom. The first-order valence-corrected chi connectivity index (χ1v) is 3.70. The van der Waals surface area contributed by atoms with Crippen LogP contribution in [0.15, 0.2) is 35.5 Å². The minimum atomic E-state index is 1.60. The Morgan fingerprint density at radius 2 is 2.30 bits per heavy atom. The van der Waals surface area contributed by atoms with E-state index in [-0.39, 0.29) is 0 Å². The van der Waals surface area contributed by atoms with Gasteiger partial charge in [0, 0.05) is 24.0 Å². The normalized spacial score (nSPS) is 8.00. The molecule has 2 aromatic heterocycles. The van der Waals surface area contributed by atoms with Crippen LogP contribution in [-0.4, -0.2) is 15.2 Å². The first-order chi connectivity index (χ1) is 5.00. The van der Waals surface area contributed by atoms with E-state index in [9.17, 15) is 0 Å². The van der Waals surface area contributed by atoms with Gasteiger partial charge in [-0.3, -0.25) is 10.1 Å². The molecule has 0 aromatic carbocycles. The molecule has 0 aliphatic heterocycles. The first-order valence-electron chi connectivity index (χ1n) is 2.76. The molecule has 1 N–H and O–H groups in total. The molecule has 2 heterocycles. The smallest absolute Gasteiger partial charge is 0.0791 e. The third-order valence-corrected chi connectivity index (χ3v) is 1.28. The van der Waals surface area contributed by atoms with Crippen molar-refractivity contribution < 1.29 is 0 Å². The summed E-state index contributed by atoms with van der Waals surface area (Å²) in [7, 11) is 0. The molecule has 0 radical (unpaired) electrons. The van der Waals surface area contributed by atoms with Crippen LogP contribution < -0.4 is 0 Å². The molecule has 0 bridgehead atoms. The lowest BCUT2D eigenvalue weighted by Crippen LogP contribution is -1.53. The second-order valence-corrected chi connectivity index (χ2v) is 2.20. The molecule has 4 heteroatoms. The van der Waals surface area contributed by atoms with Crippen LogP contribution in [0.2, 0.25) is 0 Å². The zero-order chi connectivity index (χ0) is 7.07. The number of aromatic nitrogens is 3. The van der Waals surface area contributed by atoms with Crippen LogP contribution >= 0.6 is 11.3 Å². The van der Waals surface area contributed by atoms with Crippen molar-refractivity contribution in [2.75, 3.05) is 0 Å². The van der Waals surface area contributed by atoms with Crippen LogP contribution in [-0.2, 0) is 0 Å². The van der Waals surface area contributed by atoms with Crippen molar-refractivity contribution in [3.05, 3.63) is 35.5 Å². The van der Waals surface area contributed by atoms with Crippen molar-refractivity contribution in [2.45, 2.75) is 0 Å². The van der Waals surface area contributed by atoms with Crippen molar-refractivity contribution in [1.82, 2.24) is 15.2 Å². The summed E-state index contributed by atoms with van der Waals surface area (Å²) >= 11 is 1.60. The summed E-state index contributed by atoms with van der Waals surface area (Å²) in [5.74, 6) is 0. The summed E-state index contributed by atoms with van der Waals surface area (Å²) in [6.45, 7) is 0. The average molecular weight is 153 g/mol. The number of hydrogen-bond acceptors (Lipinski definition) is 3. The van der Waals surface area contributed by atoms with Gasteiger partial charge in [-0.05, 0) is 6.07 Å². The number of nitrogens with zero attached hydrogens (tertiary/aromatic N) is 2. The summed E-state index contributed by atoms with van der Waals surface area (Å²) < 4.78 is 0. The standard InChI is InChI=1S/C3H4N2.C3H3NS/c1-2-4-5-3-1;1-2-5-3-4-1/h1-3H,(H,4,5);1-3H. The number of rotatable bonds is 0. The molecule has 0 spiro atoms. The third kappa shape index (κ3) is 2.99. The van der Waals surface area contributed by atoms with E-state index in [1.165, 1.54) is 0 Å². The van der Waals surface area contributed by atoms with E-state index < -0.39 is 0 Å². The van der Waals surface area contributed by atoms with Gasteiger partial charge in [-0.2, -0.15) is 5.10 Å². The van der Waals surface area contributed by atoms with Gasteiger partial charge in [0.15, 0.2) is 0 Å².